The van der Waals surface area contributed by atoms with E-state index < -0.39 is 0 Å². The average molecular weight is 264 g/mol. The fourth-order valence-corrected chi connectivity index (χ4v) is 2.15. The molecular weight excluding hydrogens is 240 g/mol. The molecule has 1 aliphatic rings. The predicted octanol–water partition coefficient (Wildman–Crippen LogP) is 2.53. The minimum Gasteiger partial charge on any atom is -0.381 e. The number of ether oxygens (including phenoxy) is 1. The second kappa shape index (κ2) is 6.70. The first-order chi connectivity index (χ1) is 9.22. The Balaban J connectivity index is 1.88. The highest BCUT2D eigenvalue weighted by Gasteiger charge is 2.27. The van der Waals surface area contributed by atoms with Gasteiger partial charge in [-0.25, -0.2) is 9.97 Å². The number of nitrogens with one attached hydrogen (secondary N) is 2. The Kier molecular flexibility index (Phi) is 4.96. The quantitative estimate of drug-likeness (QED) is 0.827. The van der Waals surface area contributed by atoms with Crippen LogP contribution in [0.3, 0.4) is 0 Å². The second-order valence-corrected chi connectivity index (χ2v) is 5.49. The zero-order valence-electron chi connectivity index (χ0n) is 11.9. The van der Waals surface area contributed by atoms with Crippen molar-refractivity contribution in [2.45, 2.75) is 33.1 Å². The molecule has 0 radical (unpaired) electrons. The van der Waals surface area contributed by atoms with Gasteiger partial charge in [0.25, 0.3) is 0 Å². The van der Waals surface area contributed by atoms with Gasteiger partial charge in [-0.2, -0.15) is 0 Å². The molecule has 5 heteroatoms. The van der Waals surface area contributed by atoms with Gasteiger partial charge < -0.3 is 15.4 Å². The van der Waals surface area contributed by atoms with Crippen LogP contribution in [0, 0.1) is 5.41 Å². The fourth-order valence-electron chi connectivity index (χ4n) is 2.15. The predicted molar refractivity (Wildman–Crippen MR) is 77.5 cm³/mol. The van der Waals surface area contributed by atoms with Crippen molar-refractivity contribution in [3.8, 4) is 0 Å². The van der Waals surface area contributed by atoms with Crippen LogP contribution >= 0.6 is 0 Å². The molecule has 1 aromatic rings. The van der Waals surface area contributed by atoms with E-state index in [-0.39, 0.29) is 0 Å². The third-order valence-corrected chi connectivity index (χ3v) is 3.62. The summed E-state index contributed by atoms with van der Waals surface area (Å²) in [4.78, 5) is 8.48. The molecule has 0 aliphatic carbocycles. The zero-order chi connectivity index (χ0) is 13.6. The van der Waals surface area contributed by atoms with Crippen LogP contribution in [0.2, 0.25) is 0 Å². The van der Waals surface area contributed by atoms with Crippen molar-refractivity contribution in [1.82, 2.24) is 9.97 Å². The molecule has 0 aromatic carbocycles. The molecule has 0 spiro atoms. The third kappa shape index (κ3) is 4.35. The minimum absolute atomic E-state index is 0.306. The largest absolute Gasteiger partial charge is 0.381 e. The molecule has 1 aliphatic heterocycles. The molecular formula is C14H24N4O. The van der Waals surface area contributed by atoms with E-state index in [9.17, 15) is 0 Å². The summed E-state index contributed by atoms with van der Waals surface area (Å²) in [6, 6.07) is 1.97. The number of aromatic nitrogens is 2. The SMILES string of the molecule is CCCNc1cc(NCC2(C)CCOCC2)ncn1. The Morgan fingerprint density at radius 2 is 1.89 bits per heavy atom. The number of nitrogens with zero attached hydrogens (tertiary/aromatic N) is 2. The first-order valence-corrected chi connectivity index (χ1v) is 7.09. The van der Waals surface area contributed by atoms with Crippen molar-refractivity contribution in [3.05, 3.63) is 12.4 Å². The maximum atomic E-state index is 5.42. The summed E-state index contributed by atoms with van der Waals surface area (Å²) in [5.41, 5.74) is 0.306. The number of hydrogen-bond acceptors (Lipinski definition) is 5. The first kappa shape index (κ1) is 14.1. The molecule has 0 saturated carbocycles. The molecule has 1 fully saturated rings. The summed E-state index contributed by atoms with van der Waals surface area (Å²) in [7, 11) is 0. The molecule has 0 atom stereocenters. The van der Waals surface area contributed by atoms with Crippen LogP contribution in [0.1, 0.15) is 33.1 Å². The lowest BCUT2D eigenvalue weighted by Crippen LogP contribution is -2.33. The summed E-state index contributed by atoms with van der Waals surface area (Å²) >= 11 is 0. The van der Waals surface area contributed by atoms with Crippen molar-refractivity contribution >= 4 is 11.6 Å². The summed E-state index contributed by atoms with van der Waals surface area (Å²) in [5, 5.41) is 6.70. The molecule has 5 nitrogen and oxygen atoms in total. The van der Waals surface area contributed by atoms with Gasteiger partial charge in [-0.3, -0.25) is 0 Å². The smallest absolute Gasteiger partial charge is 0.131 e. The highest BCUT2D eigenvalue weighted by molar-refractivity contribution is 5.46. The lowest BCUT2D eigenvalue weighted by molar-refractivity contribution is 0.0300. The van der Waals surface area contributed by atoms with Gasteiger partial charge in [-0.1, -0.05) is 13.8 Å². The Bertz CT molecular complexity index is 391. The Hall–Kier alpha value is -1.36. The average Bonchev–Trinajstić information content (AvgIpc) is 2.44. The highest BCUT2D eigenvalue weighted by Crippen LogP contribution is 2.29. The Morgan fingerprint density at radius 3 is 2.58 bits per heavy atom. The third-order valence-electron chi connectivity index (χ3n) is 3.62. The summed E-state index contributed by atoms with van der Waals surface area (Å²) in [5.74, 6) is 1.78. The molecule has 2 heterocycles. The van der Waals surface area contributed by atoms with Crippen molar-refractivity contribution in [1.29, 1.82) is 0 Å². The Labute approximate surface area is 115 Å². The second-order valence-electron chi connectivity index (χ2n) is 5.49. The van der Waals surface area contributed by atoms with Crippen LogP contribution in [0.4, 0.5) is 11.6 Å². The molecule has 0 bridgehead atoms. The molecule has 19 heavy (non-hydrogen) atoms. The van der Waals surface area contributed by atoms with Gasteiger partial charge in [-0.05, 0) is 24.7 Å². The van der Waals surface area contributed by atoms with Gasteiger partial charge >= 0.3 is 0 Å². The van der Waals surface area contributed by atoms with E-state index in [2.05, 4.69) is 34.4 Å². The lowest BCUT2D eigenvalue weighted by atomic mass is 9.82. The maximum Gasteiger partial charge on any atom is 0.131 e. The van der Waals surface area contributed by atoms with E-state index in [1.807, 2.05) is 6.07 Å². The molecule has 106 valence electrons. The van der Waals surface area contributed by atoms with Crippen LogP contribution < -0.4 is 10.6 Å². The maximum absolute atomic E-state index is 5.42. The fraction of sp³-hybridized carbons (Fsp3) is 0.714. The lowest BCUT2D eigenvalue weighted by Gasteiger charge is -2.33. The van der Waals surface area contributed by atoms with Gasteiger partial charge in [0.05, 0.1) is 0 Å². The van der Waals surface area contributed by atoms with Crippen LogP contribution in [0.5, 0.6) is 0 Å². The van der Waals surface area contributed by atoms with Gasteiger partial charge in [0.15, 0.2) is 0 Å². The van der Waals surface area contributed by atoms with Crippen molar-refractivity contribution in [3.63, 3.8) is 0 Å². The normalized spacial score (nSPS) is 18.0. The summed E-state index contributed by atoms with van der Waals surface area (Å²) < 4.78 is 5.42. The monoisotopic (exact) mass is 264 g/mol. The molecule has 1 aromatic heterocycles. The number of rotatable bonds is 6. The number of hydrogen-bond donors (Lipinski definition) is 2. The van der Waals surface area contributed by atoms with Crippen LogP contribution in [0.15, 0.2) is 12.4 Å². The molecule has 2 rings (SSSR count). The molecule has 0 amide bonds. The van der Waals surface area contributed by atoms with Crippen molar-refractivity contribution in [2.24, 2.45) is 5.41 Å². The van der Waals surface area contributed by atoms with E-state index in [1.165, 1.54) is 0 Å². The van der Waals surface area contributed by atoms with E-state index in [1.54, 1.807) is 6.33 Å². The minimum atomic E-state index is 0.306. The zero-order valence-corrected chi connectivity index (χ0v) is 11.9. The van der Waals surface area contributed by atoms with Crippen molar-refractivity contribution < 1.29 is 4.74 Å². The highest BCUT2D eigenvalue weighted by atomic mass is 16.5. The van der Waals surface area contributed by atoms with Gasteiger partial charge in [-0.15, -0.1) is 0 Å². The molecule has 0 unspecified atom stereocenters. The van der Waals surface area contributed by atoms with E-state index in [0.717, 1.165) is 57.2 Å². The van der Waals surface area contributed by atoms with Crippen LogP contribution in [0.25, 0.3) is 0 Å². The van der Waals surface area contributed by atoms with Gasteiger partial charge in [0.1, 0.15) is 18.0 Å². The standard InChI is InChI=1S/C14H24N4O/c1-3-6-15-12-9-13(18-11-17-12)16-10-14(2)4-7-19-8-5-14/h9,11H,3-8,10H2,1-2H3,(H2,15,16,17,18). The van der Waals surface area contributed by atoms with E-state index in [0.29, 0.717) is 5.41 Å². The number of anilines is 2. The van der Waals surface area contributed by atoms with Gasteiger partial charge in [0.2, 0.25) is 0 Å². The first-order valence-electron chi connectivity index (χ1n) is 7.09. The van der Waals surface area contributed by atoms with Crippen molar-refractivity contribution in [2.75, 3.05) is 36.9 Å². The summed E-state index contributed by atoms with van der Waals surface area (Å²) in [6.07, 6.45) is 4.90. The summed E-state index contributed by atoms with van der Waals surface area (Å²) in [6.45, 7) is 8.04. The molecule has 2 N–H and O–H groups in total. The van der Waals surface area contributed by atoms with Crippen LogP contribution in [-0.2, 0) is 4.74 Å². The van der Waals surface area contributed by atoms with E-state index in [4.69, 9.17) is 4.74 Å². The van der Waals surface area contributed by atoms with E-state index >= 15 is 0 Å². The van der Waals surface area contributed by atoms with Crippen LogP contribution in [-0.4, -0.2) is 36.3 Å². The Morgan fingerprint density at radius 1 is 1.21 bits per heavy atom. The topological polar surface area (TPSA) is 59.1 Å². The van der Waals surface area contributed by atoms with Gasteiger partial charge in [0, 0.05) is 32.4 Å². The molecule has 1 saturated heterocycles.